The Kier molecular flexibility index (Phi) is 3.39. The third-order valence-electron chi connectivity index (χ3n) is 3.38. The van der Waals surface area contributed by atoms with Crippen LogP contribution in [0.25, 0.3) is 11.3 Å². The van der Waals surface area contributed by atoms with Crippen molar-refractivity contribution in [2.45, 2.75) is 13.8 Å². The van der Waals surface area contributed by atoms with Crippen LogP contribution in [0.3, 0.4) is 0 Å². The molecule has 6 heteroatoms. The summed E-state index contributed by atoms with van der Waals surface area (Å²) in [5, 5.41) is 9.14. The van der Waals surface area contributed by atoms with Crippen LogP contribution in [-0.4, -0.2) is 15.7 Å². The van der Waals surface area contributed by atoms with Gasteiger partial charge in [-0.3, -0.25) is 9.48 Å². The summed E-state index contributed by atoms with van der Waals surface area (Å²) in [5.41, 5.74) is 3.43. The van der Waals surface area contributed by atoms with Crippen molar-refractivity contribution in [2.24, 2.45) is 7.05 Å². The molecule has 0 unspecified atom stereocenters. The molecule has 0 spiro atoms. The van der Waals surface area contributed by atoms with Crippen molar-refractivity contribution in [1.82, 2.24) is 9.78 Å². The van der Waals surface area contributed by atoms with E-state index in [1.54, 1.807) is 10.9 Å². The molecular formula is C15H15N3O2S. The lowest BCUT2D eigenvalue weighted by molar-refractivity contribution is 0.103. The monoisotopic (exact) mass is 301 g/mol. The van der Waals surface area contributed by atoms with Gasteiger partial charge in [0.25, 0.3) is 5.91 Å². The largest absolute Gasteiger partial charge is 0.464 e. The van der Waals surface area contributed by atoms with Crippen LogP contribution < -0.4 is 5.32 Å². The SMILES string of the molecule is Cc1nn(C)c(C)c1NC(=O)c1cc(-c2ccco2)cs1. The second-order valence-electron chi connectivity index (χ2n) is 4.80. The van der Waals surface area contributed by atoms with Crippen molar-refractivity contribution in [1.29, 1.82) is 0 Å². The van der Waals surface area contributed by atoms with Gasteiger partial charge in [-0.05, 0) is 32.0 Å². The number of aryl methyl sites for hydroxylation is 2. The Bertz CT molecular complexity index is 784. The Morgan fingerprint density at radius 3 is 2.86 bits per heavy atom. The number of aromatic nitrogens is 2. The molecule has 0 aliphatic heterocycles. The normalized spacial score (nSPS) is 10.8. The average Bonchev–Trinajstić information content (AvgIpc) is 3.15. The van der Waals surface area contributed by atoms with E-state index >= 15 is 0 Å². The molecule has 0 atom stereocenters. The van der Waals surface area contributed by atoms with E-state index in [2.05, 4.69) is 10.4 Å². The standard InChI is InChI=1S/C15H15N3O2S/c1-9-14(10(2)18(3)17-9)16-15(19)13-7-11(8-21-13)12-5-4-6-20-12/h4-8H,1-3H3,(H,16,19). The van der Waals surface area contributed by atoms with Gasteiger partial charge in [0.2, 0.25) is 0 Å². The van der Waals surface area contributed by atoms with Crippen LogP contribution in [0.15, 0.2) is 34.3 Å². The smallest absolute Gasteiger partial charge is 0.265 e. The zero-order chi connectivity index (χ0) is 15.0. The Hall–Kier alpha value is -2.34. The number of hydrogen-bond donors (Lipinski definition) is 1. The molecule has 1 N–H and O–H groups in total. The maximum Gasteiger partial charge on any atom is 0.265 e. The highest BCUT2D eigenvalue weighted by molar-refractivity contribution is 7.12. The first-order valence-electron chi connectivity index (χ1n) is 6.50. The fraction of sp³-hybridized carbons (Fsp3) is 0.200. The Morgan fingerprint density at radius 2 is 2.24 bits per heavy atom. The molecule has 0 aliphatic rings. The fourth-order valence-corrected chi connectivity index (χ4v) is 2.95. The van der Waals surface area contributed by atoms with Crippen molar-refractivity contribution < 1.29 is 9.21 Å². The number of furan rings is 1. The maximum atomic E-state index is 12.3. The second-order valence-corrected chi connectivity index (χ2v) is 5.71. The van der Waals surface area contributed by atoms with Gasteiger partial charge in [-0.15, -0.1) is 11.3 Å². The number of nitrogens with zero attached hydrogens (tertiary/aromatic N) is 2. The third kappa shape index (κ3) is 2.50. The molecule has 0 saturated carbocycles. The van der Waals surface area contributed by atoms with Crippen molar-refractivity contribution in [3.8, 4) is 11.3 Å². The van der Waals surface area contributed by atoms with Gasteiger partial charge in [-0.2, -0.15) is 5.10 Å². The summed E-state index contributed by atoms with van der Waals surface area (Å²) in [6, 6.07) is 5.54. The van der Waals surface area contributed by atoms with E-state index in [4.69, 9.17) is 4.42 Å². The van der Waals surface area contributed by atoms with E-state index < -0.39 is 0 Å². The summed E-state index contributed by atoms with van der Waals surface area (Å²) in [5.74, 6) is 0.635. The summed E-state index contributed by atoms with van der Waals surface area (Å²) < 4.78 is 7.09. The molecule has 108 valence electrons. The highest BCUT2D eigenvalue weighted by atomic mass is 32.1. The van der Waals surface area contributed by atoms with Gasteiger partial charge in [0, 0.05) is 18.0 Å². The van der Waals surface area contributed by atoms with Crippen molar-refractivity contribution in [2.75, 3.05) is 5.32 Å². The minimum Gasteiger partial charge on any atom is -0.464 e. The van der Waals surface area contributed by atoms with E-state index in [1.807, 2.05) is 44.5 Å². The van der Waals surface area contributed by atoms with E-state index in [9.17, 15) is 4.79 Å². The Balaban J connectivity index is 1.83. The van der Waals surface area contributed by atoms with Crippen LogP contribution in [0.2, 0.25) is 0 Å². The number of hydrogen-bond acceptors (Lipinski definition) is 4. The van der Waals surface area contributed by atoms with Crippen molar-refractivity contribution in [3.63, 3.8) is 0 Å². The summed E-state index contributed by atoms with van der Waals surface area (Å²) >= 11 is 1.39. The molecule has 0 fully saturated rings. The molecule has 3 aromatic rings. The molecule has 0 bridgehead atoms. The fourth-order valence-electron chi connectivity index (χ4n) is 2.16. The van der Waals surface area contributed by atoms with E-state index in [0.717, 1.165) is 28.4 Å². The number of carbonyl (C=O) groups is 1. The Labute approximate surface area is 126 Å². The van der Waals surface area contributed by atoms with Gasteiger partial charge in [0.05, 0.1) is 28.2 Å². The first-order chi connectivity index (χ1) is 10.1. The van der Waals surface area contributed by atoms with Crippen molar-refractivity contribution >= 4 is 22.9 Å². The molecule has 5 nitrogen and oxygen atoms in total. The van der Waals surface area contributed by atoms with Gasteiger partial charge >= 0.3 is 0 Å². The van der Waals surface area contributed by atoms with E-state index in [0.29, 0.717) is 4.88 Å². The minimum atomic E-state index is -0.128. The van der Waals surface area contributed by atoms with Crippen LogP contribution in [0.1, 0.15) is 21.1 Å². The van der Waals surface area contributed by atoms with Crippen LogP contribution in [0.5, 0.6) is 0 Å². The first kappa shape index (κ1) is 13.6. The average molecular weight is 301 g/mol. The summed E-state index contributed by atoms with van der Waals surface area (Å²) in [6.07, 6.45) is 1.62. The zero-order valence-electron chi connectivity index (χ0n) is 12.0. The topological polar surface area (TPSA) is 60.1 Å². The quantitative estimate of drug-likeness (QED) is 0.804. The van der Waals surface area contributed by atoms with E-state index in [1.165, 1.54) is 11.3 Å². The van der Waals surface area contributed by atoms with Gasteiger partial charge in [0.15, 0.2) is 0 Å². The molecule has 1 amide bonds. The number of thiophene rings is 1. The van der Waals surface area contributed by atoms with Crippen LogP contribution in [0.4, 0.5) is 5.69 Å². The number of amides is 1. The lowest BCUT2D eigenvalue weighted by Gasteiger charge is -2.03. The second kappa shape index (κ2) is 5.21. The number of rotatable bonds is 3. The Morgan fingerprint density at radius 1 is 1.43 bits per heavy atom. The number of anilines is 1. The third-order valence-corrected chi connectivity index (χ3v) is 4.31. The molecule has 0 saturated heterocycles. The highest BCUT2D eigenvalue weighted by Gasteiger charge is 2.16. The predicted molar refractivity (Wildman–Crippen MR) is 82.7 cm³/mol. The van der Waals surface area contributed by atoms with Gasteiger partial charge < -0.3 is 9.73 Å². The van der Waals surface area contributed by atoms with Crippen LogP contribution in [0, 0.1) is 13.8 Å². The molecular weight excluding hydrogens is 286 g/mol. The maximum absolute atomic E-state index is 12.3. The van der Waals surface area contributed by atoms with Crippen LogP contribution >= 0.6 is 11.3 Å². The summed E-state index contributed by atoms with van der Waals surface area (Å²) in [7, 11) is 1.86. The summed E-state index contributed by atoms with van der Waals surface area (Å²) in [4.78, 5) is 13.0. The minimum absolute atomic E-state index is 0.128. The predicted octanol–water partition coefficient (Wildman–Crippen LogP) is 3.61. The zero-order valence-corrected chi connectivity index (χ0v) is 12.8. The van der Waals surface area contributed by atoms with E-state index in [-0.39, 0.29) is 5.91 Å². The van der Waals surface area contributed by atoms with Gasteiger partial charge in [-0.1, -0.05) is 0 Å². The number of nitrogens with one attached hydrogen (secondary N) is 1. The molecule has 3 aromatic heterocycles. The molecule has 0 radical (unpaired) electrons. The lowest BCUT2D eigenvalue weighted by Crippen LogP contribution is -2.11. The molecule has 3 rings (SSSR count). The molecule has 0 aromatic carbocycles. The molecule has 0 aliphatic carbocycles. The lowest BCUT2D eigenvalue weighted by atomic mass is 10.2. The molecule has 3 heterocycles. The molecule has 21 heavy (non-hydrogen) atoms. The van der Waals surface area contributed by atoms with Gasteiger partial charge in [0.1, 0.15) is 5.76 Å². The van der Waals surface area contributed by atoms with Gasteiger partial charge in [-0.25, -0.2) is 0 Å². The first-order valence-corrected chi connectivity index (χ1v) is 7.38. The number of carbonyl (C=O) groups excluding carboxylic acids is 1. The summed E-state index contributed by atoms with van der Waals surface area (Å²) in [6.45, 7) is 3.81. The van der Waals surface area contributed by atoms with Crippen LogP contribution in [-0.2, 0) is 7.05 Å². The highest BCUT2D eigenvalue weighted by Crippen LogP contribution is 2.27. The van der Waals surface area contributed by atoms with Crippen molar-refractivity contribution in [3.05, 3.63) is 46.1 Å².